The quantitative estimate of drug-likeness (QED) is 0.433. The zero-order chi connectivity index (χ0) is 20.8. The molecule has 0 unspecified atom stereocenters. The fourth-order valence-corrected chi connectivity index (χ4v) is 3.41. The number of carboxylic acid groups (broad SMARTS) is 1. The summed E-state index contributed by atoms with van der Waals surface area (Å²) in [6.07, 6.45) is 7.13. The summed E-state index contributed by atoms with van der Waals surface area (Å²) in [5.41, 5.74) is 3.02. The summed E-state index contributed by atoms with van der Waals surface area (Å²) in [5.74, 6) is -0.141. The lowest BCUT2D eigenvalue weighted by Crippen LogP contribution is -2.05. The molecular weight excluding hydrogens is 376 g/mol. The zero-order valence-electron chi connectivity index (χ0n) is 16.4. The lowest BCUT2D eigenvalue weighted by molar-refractivity contribution is -0.131. The van der Waals surface area contributed by atoms with E-state index in [1.54, 1.807) is 12.3 Å². The van der Waals surface area contributed by atoms with Crippen LogP contribution in [-0.4, -0.2) is 27.5 Å². The first-order valence-corrected chi connectivity index (χ1v) is 9.79. The van der Waals surface area contributed by atoms with Crippen LogP contribution in [0.25, 0.3) is 16.8 Å². The van der Waals surface area contributed by atoms with E-state index in [2.05, 4.69) is 29.4 Å². The maximum atomic E-state index is 10.9. The fourth-order valence-electron chi connectivity index (χ4n) is 3.41. The number of fused-ring (bicyclic) bond motifs is 1. The van der Waals surface area contributed by atoms with Gasteiger partial charge in [0.05, 0.1) is 13.2 Å². The standard InChI is InChI=1S/C25H22N2O3/c28-25(29)11-9-21-7-6-19(18-27-14-3-13-26-27)16-23(21)12-15-30-24-10-8-20-4-1-2-5-22(20)17-24/h1-11,13-14,16-17H,12,15,18H2,(H,28,29)/b11-9+. The van der Waals surface area contributed by atoms with Crippen molar-refractivity contribution in [3.05, 3.63) is 102 Å². The summed E-state index contributed by atoms with van der Waals surface area (Å²) in [7, 11) is 0. The molecule has 4 rings (SSSR count). The Bertz CT molecular complexity index is 1180. The van der Waals surface area contributed by atoms with Gasteiger partial charge in [-0.3, -0.25) is 4.68 Å². The molecule has 0 saturated heterocycles. The average Bonchev–Trinajstić information content (AvgIpc) is 3.26. The highest BCUT2D eigenvalue weighted by molar-refractivity contribution is 5.85. The molecule has 3 aromatic carbocycles. The minimum atomic E-state index is -0.964. The molecule has 1 N–H and O–H groups in total. The van der Waals surface area contributed by atoms with Crippen LogP contribution >= 0.6 is 0 Å². The molecule has 1 heterocycles. The van der Waals surface area contributed by atoms with E-state index in [4.69, 9.17) is 9.84 Å². The van der Waals surface area contributed by atoms with Gasteiger partial charge < -0.3 is 9.84 Å². The first kappa shape index (κ1) is 19.5. The van der Waals surface area contributed by atoms with E-state index in [9.17, 15) is 4.79 Å². The van der Waals surface area contributed by atoms with Crippen LogP contribution in [0.3, 0.4) is 0 Å². The minimum Gasteiger partial charge on any atom is -0.493 e. The molecule has 0 radical (unpaired) electrons. The molecule has 30 heavy (non-hydrogen) atoms. The Kier molecular flexibility index (Phi) is 5.90. The molecule has 0 aliphatic heterocycles. The molecule has 0 bridgehead atoms. The molecule has 0 aliphatic rings. The number of nitrogens with zero attached hydrogens (tertiary/aromatic N) is 2. The predicted octanol–water partition coefficient (Wildman–Crippen LogP) is 4.80. The highest BCUT2D eigenvalue weighted by atomic mass is 16.5. The van der Waals surface area contributed by atoms with Crippen LogP contribution in [0.2, 0.25) is 0 Å². The van der Waals surface area contributed by atoms with Crippen molar-refractivity contribution in [1.82, 2.24) is 9.78 Å². The SMILES string of the molecule is O=C(O)/C=C/c1ccc(Cn2cccn2)cc1CCOc1ccc2ccccc2c1. The van der Waals surface area contributed by atoms with Crippen LogP contribution in [-0.2, 0) is 17.8 Å². The van der Waals surface area contributed by atoms with Crippen molar-refractivity contribution in [2.24, 2.45) is 0 Å². The van der Waals surface area contributed by atoms with Gasteiger partial charge in [-0.25, -0.2) is 4.79 Å². The number of aromatic nitrogens is 2. The second kappa shape index (κ2) is 9.09. The second-order valence-electron chi connectivity index (χ2n) is 7.02. The fraction of sp³-hybridized carbons (Fsp3) is 0.120. The molecule has 0 fully saturated rings. The summed E-state index contributed by atoms with van der Waals surface area (Å²) in [6, 6.07) is 22.2. The highest BCUT2D eigenvalue weighted by Gasteiger charge is 2.05. The Hall–Kier alpha value is -3.86. The smallest absolute Gasteiger partial charge is 0.328 e. The van der Waals surface area contributed by atoms with Gasteiger partial charge in [0.1, 0.15) is 5.75 Å². The van der Waals surface area contributed by atoms with Crippen molar-refractivity contribution >= 4 is 22.8 Å². The highest BCUT2D eigenvalue weighted by Crippen LogP contribution is 2.21. The molecular formula is C25H22N2O3. The first-order valence-electron chi connectivity index (χ1n) is 9.79. The molecule has 1 aromatic heterocycles. The summed E-state index contributed by atoms with van der Waals surface area (Å²) >= 11 is 0. The van der Waals surface area contributed by atoms with E-state index >= 15 is 0 Å². The first-order chi connectivity index (χ1) is 14.7. The van der Waals surface area contributed by atoms with Crippen LogP contribution < -0.4 is 4.74 Å². The van der Waals surface area contributed by atoms with E-state index in [1.807, 2.05) is 53.3 Å². The van der Waals surface area contributed by atoms with Gasteiger partial charge in [0.15, 0.2) is 0 Å². The molecule has 0 saturated carbocycles. The van der Waals surface area contributed by atoms with Crippen LogP contribution in [0.4, 0.5) is 0 Å². The maximum absolute atomic E-state index is 10.9. The summed E-state index contributed by atoms with van der Waals surface area (Å²) in [4.78, 5) is 10.9. The zero-order valence-corrected chi connectivity index (χ0v) is 16.4. The molecule has 0 aliphatic carbocycles. The molecule has 0 amide bonds. The summed E-state index contributed by atoms with van der Waals surface area (Å²) in [5, 5.41) is 15.5. The molecule has 0 spiro atoms. The minimum absolute atomic E-state index is 0.497. The van der Waals surface area contributed by atoms with Gasteiger partial charge >= 0.3 is 5.97 Å². The van der Waals surface area contributed by atoms with E-state index in [-0.39, 0.29) is 0 Å². The van der Waals surface area contributed by atoms with Crippen LogP contribution in [0.5, 0.6) is 5.75 Å². The van der Waals surface area contributed by atoms with Gasteiger partial charge in [0, 0.05) is 24.9 Å². The molecule has 150 valence electrons. The Morgan fingerprint density at radius 3 is 2.70 bits per heavy atom. The molecule has 0 atom stereocenters. The summed E-state index contributed by atoms with van der Waals surface area (Å²) < 4.78 is 7.85. The van der Waals surface area contributed by atoms with Gasteiger partial charge in [0.25, 0.3) is 0 Å². The normalized spacial score (nSPS) is 11.2. The third kappa shape index (κ3) is 4.94. The van der Waals surface area contributed by atoms with Gasteiger partial charge in [0.2, 0.25) is 0 Å². The number of hydrogen-bond acceptors (Lipinski definition) is 3. The van der Waals surface area contributed by atoms with Crippen LogP contribution in [0.15, 0.2) is 85.2 Å². The predicted molar refractivity (Wildman–Crippen MR) is 118 cm³/mol. The van der Waals surface area contributed by atoms with Crippen molar-refractivity contribution in [2.75, 3.05) is 6.61 Å². The van der Waals surface area contributed by atoms with Crippen molar-refractivity contribution < 1.29 is 14.6 Å². The molecule has 5 heteroatoms. The van der Waals surface area contributed by atoms with E-state index < -0.39 is 5.97 Å². The Balaban J connectivity index is 1.49. The van der Waals surface area contributed by atoms with Gasteiger partial charge in [-0.1, -0.05) is 48.5 Å². The van der Waals surface area contributed by atoms with Crippen LogP contribution in [0, 0.1) is 0 Å². The third-order valence-electron chi connectivity index (χ3n) is 4.88. The van der Waals surface area contributed by atoms with E-state index in [1.165, 1.54) is 5.39 Å². The maximum Gasteiger partial charge on any atom is 0.328 e. The number of hydrogen-bond donors (Lipinski definition) is 1. The molecule has 5 nitrogen and oxygen atoms in total. The lowest BCUT2D eigenvalue weighted by Gasteiger charge is -2.12. The van der Waals surface area contributed by atoms with Gasteiger partial charge in [-0.2, -0.15) is 5.10 Å². The van der Waals surface area contributed by atoms with Gasteiger partial charge in [-0.05, 0) is 51.7 Å². The van der Waals surface area contributed by atoms with Crippen molar-refractivity contribution in [3.8, 4) is 5.75 Å². The molecule has 4 aromatic rings. The Morgan fingerprint density at radius 1 is 1.03 bits per heavy atom. The van der Waals surface area contributed by atoms with Crippen molar-refractivity contribution in [2.45, 2.75) is 13.0 Å². The summed E-state index contributed by atoms with van der Waals surface area (Å²) in [6.45, 7) is 1.16. The van der Waals surface area contributed by atoms with E-state index in [0.717, 1.165) is 33.9 Å². The van der Waals surface area contributed by atoms with Crippen molar-refractivity contribution in [3.63, 3.8) is 0 Å². The number of aliphatic carboxylic acids is 1. The average molecular weight is 398 g/mol. The second-order valence-corrected chi connectivity index (χ2v) is 7.02. The number of benzene rings is 3. The number of ether oxygens (including phenoxy) is 1. The van der Waals surface area contributed by atoms with E-state index in [0.29, 0.717) is 19.6 Å². The number of carbonyl (C=O) groups is 1. The van der Waals surface area contributed by atoms with Crippen LogP contribution in [0.1, 0.15) is 16.7 Å². The van der Waals surface area contributed by atoms with Crippen molar-refractivity contribution in [1.29, 1.82) is 0 Å². The largest absolute Gasteiger partial charge is 0.493 e. The number of rotatable bonds is 8. The Morgan fingerprint density at radius 2 is 1.90 bits per heavy atom. The lowest BCUT2D eigenvalue weighted by atomic mass is 10.0. The monoisotopic (exact) mass is 398 g/mol. The Labute approximate surface area is 174 Å². The third-order valence-corrected chi connectivity index (χ3v) is 4.88. The van der Waals surface area contributed by atoms with Gasteiger partial charge in [-0.15, -0.1) is 0 Å². The number of carboxylic acids is 1. The topological polar surface area (TPSA) is 64.3 Å².